The molecule has 0 unspecified atom stereocenters. The summed E-state index contributed by atoms with van der Waals surface area (Å²) in [5, 5.41) is 3.86. The van der Waals surface area contributed by atoms with Gasteiger partial charge in [-0.05, 0) is 38.0 Å². The molecule has 118 valence electrons. The van der Waals surface area contributed by atoms with E-state index in [9.17, 15) is 0 Å². The second-order valence-electron chi connectivity index (χ2n) is 5.99. The van der Waals surface area contributed by atoms with Crippen molar-refractivity contribution in [2.45, 2.75) is 58.4 Å². The standard InChI is InChI=1S/C16H27ClN4/c1-4-10-18-16-19-11-14(17)15(20-16)21(3)13-8-6-12(5-2)7-9-13/h11-13H,4-10H2,1-3H3,(H,18,19,20). The van der Waals surface area contributed by atoms with Gasteiger partial charge in [-0.25, -0.2) is 4.98 Å². The van der Waals surface area contributed by atoms with Crippen molar-refractivity contribution in [2.24, 2.45) is 5.92 Å². The molecule has 5 heteroatoms. The number of nitrogens with one attached hydrogen (secondary N) is 1. The lowest BCUT2D eigenvalue weighted by Gasteiger charge is -2.35. The molecule has 1 aliphatic rings. The lowest BCUT2D eigenvalue weighted by molar-refractivity contribution is 0.313. The summed E-state index contributed by atoms with van der Waals surface area (Å²) in [6, 6.07) is 0.541. The van der Waals surface area contributed by atoms with Crippen molar-refractivity contribution in [3.63, 3.8) is 0 Å². The lowest BCUT2D eigenvalue weighted by Crippen LogP contribution is -2.36. The topological polar surface area (TPSA) is 41.1 Å². The maximum atomic E-state index is 6.31. The first kappa shape index (κ1) is 16.3. The molecule has 0 aliphatic heterocycles. The van der Waals surface area contributed by atoms with E-state index in [0.29, 0.717) is 17.0 Å². The van der Waals surface area contributed by atoms with Gasteiger partial charge in [-0.2, -0.15) is 4.98 Å². The lowest BCUT2D eigenvalue weighted by atomic mass is 9.84. The van der Waals surface area contributed by atoms with E-state index in [1.54, 1.807) is 6.20 Å². The first-order valence-corrected chi connectivity index (χ1v) is 8.52. The molecule has 1 aromatic heterocycles. The van der Waals surface area contributed by atoms with Crippen LogP contribution in [0.3, 0.4) is 0 Å². The van der Waals surface area contributed by atoms with Gasteiger partial charge in [0, 0.05) is 19.6 Å². The zero-order chi connectivity index (χ0) is 15.2. The normalized spacial score (nSPS) is 22.1. The van der Waals surface area contributed by atoms with Crippen LogP contribution in [-0.4, -0.2) is 29.6 Å². The highest BCUT2D eigenvalue weighted by molar-refractivity contribution is 6.32. The van der Waals surface area contributed by atoms with Crippen molar-refractivity contribution < 1.29 is 0 Å². The molecule has 0 saturated heterocycles. The van der Waals surface area contributed by atoms with E-state index in [1.807, 2.05) is 0 Å². The summed E-state index contributed by atoms with van der Waals surface area (Å²) in [5.41, 5.74) is 0. The Bertz CT molecular complexity index is 444. The average molecular weight is 311 g/mol. The SMILES string of the molecule is CCCNc1ncc(Cl)c(N(C)C2CCC(CC)CC2)n1. The van der Waals surface area contributed by atoms with E-state index in [1.165, 1.54) is 32.1 Å². The van der Waals surface area contributed by atoms with Gasteiger partial charge >= 0.3 is 0 Å². The van der Waals surface area contributed by atoms with Gasteiger partial charge in [-0.3, -0.25) is 0 Å². The van der Waals surface area contributed by atoms with Crippen molar-refractivity contribution in [1.29, 1.82) is 0 Å². The van der Waals surface area contributed by atoms with Crippen LogP contribution in [0.5, 0.6) is 0 Å². The summed E-state index contributed by atoms with van der Waals surface area (Å²) in [4.78, 5) is 11.1. The molecule has 1 fully saturated rings. The first-order chi connectivity index (χ1) is 10.2. The number of anilines is 2. The van der Waals surface area contributed by atoms with Crippen LogP contribution in [0.25, 0.3) is 0 Å². The minimum atomic E-state index is 0.541. The predicted octanol–water partition coefficient (Wildman–Crippen LogP) is 4.36. The third-order valence-electron chi connectivity index (χ3n) is 4.53. The fraction of sp³-hybridized carbons (Fsp3) is 0.750. The summed E-state index contributed by atoms with van der Waals surface area (Å²) < 4.78 is 0. The van der Waals surface area contributed by atoms with Crippen molar-refractivity contribution in [2.75, 3.05) is 23.8 Å². The summed E-state index contributed by atoms with van der Waals surface area (Å²) in [5.74, 6) is 2.42. The molecule has 0 bridgehead atoms. The molecule has 0 spiro atoms. The van der Waals surface area contributed by atoms with E-state index in [-0.39, 0.29) is 0 Å². The summed E-state index contributed by atoms with van der Waals surface area (Å²) in [6.45, 7) is 5.30. The Morgan fingerprint density at radius 3 is 2.62 bits per heavy atom. The molecular weight excluding hydrogens is 284 g/mol. The molecule has 0 amide bonds. The minimum Gasteiger partial charge on any atom is -0.355 e. The van der Waals surface area contributed by atoms with Crippen molar-refractivity contribution in [1.82, 2.24) is 9.97 Å². The smallest absolute Gasteiger partial charge is 0.224 e. The predicted molar refractivity (Wildman–Crippen MR) is 90.3 cm³/mol. The fourth-order valence-corrected chi connectivity index (χ4v) is 3.27. The highest BCUT2D eigenvalue weighted by Gasteiger charge is 2.25. The summed E-state index contributed by atoms with van der Waals surface area (Å²) in [6.07, 6.45) is 9.15. The molecule has 1 saturated carbocycles. The number of hydrogen-bond acceptors (Lipinski definition) is 4. The van der Waals surface area contributed by atoms with Crippen LogP contribution in [0, 0.1) is 5.92 Å². The number of rotatable bonds is 6. The van der Waals surface area contributed by atoms with Gasteiger partial charge < -0.3 is 10.2 Å². The van der Waals surface area contributed by atoms with Crippen LogP contribution in [-0.2, 0) is 0 Å². The van der Waals surface area contributed by atoms with Gasteiger partial charge in [0.15, 0.2) is 5.82 Å². The second kappa shape index (κ2) is 7.83. The van der Waals surface area contributed by atoms with Crippen LogP contribution in [0.2, 0.25) is 5.02 Å². The number of nitrogens with zero attached hydrogens (tertiary/aromatic N) is 3. The van der Waals surface area contributed by atoms with Crippen molar-refractivity contribution in [3.8, 4) is 0 Å². The molecule has 0 aromatic carbocycles. The summed E-state index contributed by atoms with van der Waals surface area (Å²) in [7, 11) is 2.11. The summed E-state index contributed by atoms with van der Waals surface area (Å²) >= 11 is 6.31. The second-order valence-corrected chi connectivity index (χ2v) is 6.39. The van der Waals surface area contributed by atoms with Gasteiger partial charge in [-0.15, -0.1) is 0 Å². The highest BCUT2D eigenvalue weighted by Crippen LogP contribution is 2.33. The van der Waals surface area contributed by atoms with Crippen LogP contribution in [0.4, 0.5) is 11.8 Å². The number of aromatic nitrogens is 2. The highest BCUT2D eigenvalue weighted by atomic mass is 35.5. The van der Waals surface area contributed by atoms with Crippen LogP contribution in [0.15, 0.2) is 6.20 Å². The van der Waals surface area contributed by atoms with Crippen LogP contribution in [0.1, 0.15) is 52.4 Å². The largest absolute Gasteiger partial charge is 0.355 e. The van der Waals surface area contributed by atoms with E-state index >= 15 is 0 Å². The van der Waals surface area contributed by atoms with E-state index in [4.69, 9.17) is 11.6 Å². The molecule has 1 aromatic rings. The van der Waals surface area contributed by atoms with E-state index in [2.05, 4.69) is 41.1 Å². The van der Waals surface area contributed by atoms with Crippen molar-refractivity contribution >= 4 is 23.4 Å². The van der Waals surface area contributed by atoms with Crippen LogP contribution >= 0.6 is 11.6 Å². The van der Waals surface area contributed by atoms with Crippen LogP contribution < -0.4 is 10.2 Å². The zero-order valence-electron chi connectivity index (χ0n) is 13.4. The number of halogens is 1. The molecule has 2 rings (SSSR count). The molecule has 1 N–H and O–H groups in total. The Hall–Kier alpha value is -1.03. The molecule has 0 atom stereocenters. The molecule has 0 radical (unpaired) electrons. The number of hydrogen-bond donors (Lipinski definition) is 1. The molecular formula is C16H27ClN4. The monoisotopic (exact) mass is 310 g/mol. The minimum absolute atomic E-state index is 0.541. The average Bonchev–Trinajstić information content (AvgIpc) is 2.53. The van der Waals surface area contributed by atoms with Crippen molar-refractivity contribution in [3.05, 3.63) is 11.2 Å². The maximum absolute atomic E-state index is 6.31. The zero-order valence-corrected chi connectivity index (χ0v) is 14.2. The Morgan fingerprint density at radius 2 is 2.00 bits per heavy atom. The van der Waals surface area contributed by atoms with Gasteiger partial charge in [-0.1, -0.05) is 31.9 Å². The quantitative estimate of drug-likeness (QED) is 0.847. The van der Waals surface area contributed by atoms with Gasteiger partial charge in [0.2, 0.25) is 5.95 Å². The van der Waals surface area contributed by atoms with Gasteiger partial charge in [0.1, 0.15) is 5.02 Å². The maximum Gasteiger partial charge on any atom is 0.224 e. The fourth-order valence-electron chi connectivity index (χ4n) is 3.04. The molecule has 21 heavy (non-hydrogen) atoms. The Balaban J connectivity index is 2.05. The van der Waals surface area contributed by atoms with E-state index < -0.39 is 0 Å². The molecule has 1 aliphatic carbocycles. The molecule has 4 nitrogen and oxygen atoms in total. The first-order valence-electron chi connectivity index (χ1n) is 8.14. The van der Waals surface area contributed by atoms with Gasteiger partial charge in [0.25, 0.3) is 0 Å². The Labute approximate surface area is 133 Å². The van der Waals surface area contributed by atoms with Gasteiger partial charge in [0.05, 0.1) is 6.20 Å². The Kier molecular flexibility index (Phi) is 6.09. The third kappa shape index (κ3) is 4.22. The third-order valence-corrected chi connectivity index (χ3v) is 4.80. The Morgan fingerprint density at radius 1 is 1.29 bits per heavy atom. The van der Waals surface area contributed by atoms with E-state index in [0.717, 1.165) is 24.7 Å². The molecule has 1 heterocycles.